The summed E-state index contributed by atoms with van der Waals surface area (Å²) in [7, 11) is 0. The van der Waals surface area contributed by atoms with Crippen molar-refractivity contribution in [3.8, 4) is 0 Å². The van der Waals surface area contributed by atoms with E-state index in [1.807, 2.05) is 6.20 Å². The first-order valence-corrected chi connectivity index (χ1v) is 6.40. The van der Waals surface area contributed by atoms with Crippen LogP contribution in [0.4, 0.5) is 4.79 Å². The first kappa shape index (κ1) is 11.7. The summed E-state index contributed by atoms with van der Waals surface area (Å²) in [6.07, 6.45) is 4.05. The Labute approximate surface area is 107 Å². The molecule has 0 saturated carbocycles. The van der Waals surface area contributed by atoms with Gasteiger partial charge in [0.15, 0.2) is 0 Å². The number of halogens is 1. The molecule has 88 valence electrons. The van der Waals surface area contributed by atoms with Crippen LogP contribution in [-0.2, 0) is 6.42 Å². The number of nitrogens with zero attached hydrogens (tertiary/aromatic N) is 2. The van der Waals surface area contributed by atoms with Crippen LogP contribution in [0.5, 0.6) is 0 Å². The zero-order chi connectivity index (χ0) is 11.5. The van der Waals surface area contributed by atoms with E-state index in [9.17, 15) is 4.79 Å². The molecule has 5 nitrogen and oxygen atoms in total. The van der Waals surface area contributed by atoms with Gasteiger partial charge in [-0.3, -0.25) is 5.10 Å². The number of carboxylic acid groups (broad SMARTS) is 1. The smallest absolute Gasteiger partial charge is 0.407 e. The molecule has 0 aromatic carbocycles. The van der Waals surface area contributed by atoms with Crippen molar-refractivity contribution in [2.75, 3.05) is 13.1 Å². The molecule has 0 spiro atoms. The minimum Gasteiger partial charge on any atom is -0.465 e. The Morgan fingerprint density at radius 3 is 2.81 bits per heavy atom. The molecule has 1 aromatic rings. The molecular formula is C10H14IN3O2. The molecule has 1 saturated heterocycles. The molecule has 16 heavy (non-hydrogen) atoms. The van der Waals surface area contributed by atoms with Gasteiger partial charge in [0.05, 0.1) is 0 Å². The van der Waals surface area contributed by atoms with E-state index in [2.05, 4.69) is 32.8 Å². The molecule has 2 heterocycles. The van der Waals surface area contributed by atoms with Crippen LogP contribution in [0.3, 0.4) is 0 Å². The lowest BCUT2D eigenvalue weighted by Gasteiger charge is -2.29. The van der Waals surface area contributed by atoms with Gasteiger partial charge in [0.25, 0.3) is 0 Å². The van der Waals surface area contributed by atoms with Crippen LogP contribution in [0.25, 0.3) is 0 Å². The predicted molar refractivity (Wildman–Crippen MR) is 67.3 cm³/mol. The number of hydrogen-bond acceptors (Lipinski definition) is 2. The van der Waals surface area contributed by atoms with E-state index >= 15 is 0 Å². The van der Waals surface area contributed by atoms with Crippen LogP contribution >= 0.6 is 22.6 Å². The summed E-state index contributed by atoms with van der Waals surface area (Å²) in [5.74, 6) is 0.585. The number of rotatable bonds is 2. The summed E-state index contributed by atoms with van der Waals surface area (Å²) in [6.45, 7) is 1.32. The average molecular weight is 335 g/mol. The molecule has 0 unspecified atom stereocenters. The third-order valence-electron chi connectivity index (χ3n) is 3.06. The number of hydrogen-bond donors (Lipinski definition) is 2. The Balaban J connectivity index is 1.86. The van der Waals surface area contributed by atoms with Gasteiger partial charge in [-0.05, 0) is 47.8 Å². The molecule has 0 aliphatic carbocycles. The minimum atomic E-state index is -0.795. The van der Waals surface area contributed by atoms with Crippen LogP contribution in [0.15, 0.2) is 6.20 Å². The van der Waals surface area contributed by atoms with Gasteiger partial charge in [-0.15, -0.1) is 0 Å². The Kier molecular flexibility index (Phi) is 3.67. The molecule has 0 radical (unpaired) electrons. The highest BCUT2D eigenvalue weighted by Gasteiger charge is 2.23. The van der Waals surface area contributed by atoms with Crippen LogP contribution < -0.4 is 0 Å². The third kappa shape index (κ3) is 2.66. The van der Waals surface area contributed by atoms with Crippen LogP contribution in [0, 0.1) is 9.62 Å². The topological polar surface area (TPSA) is 69.2 Å². The van der Waals surface area contributed by atoms with Gasteiger partial charge >= 0.3 is 6.09 Å². The van der Waals surface area contributed by atoms with Crippen molar-refractivity contribution in [2.45, 2.75) is 19.3 Å². The van der Waals surface area contributed by atoms with Gasteiger partial charge < -0.3 is 10.0 Å². The Morgan fingerprint density at radius 1 is 1.62 bits per heavy atom. The van der Waals surface area contributed by atoms with Crippen LogP contribution in [-0.4, -0.2) is 39.4 Å². The van der Waals surface area contributed by atoms with Crippen LogP contribution in [0.2, 0.25) is 0 Å². The molecule has 1 amide bonds. The first-order valence-electron chi connectivity index (χ1n) is 5.33. The number of carbonyl (C=O) groups is 1. The van der Waals surface area contributed by atoms with Crippen molar-refractivity contribution >= 4 is 28.7 Å². The zero-order valence-corrected chi connectivity index (χ0v) is 11.0. The Hall–Kier alpha value is -0.790. The van der Waals surface area contributed by atoms with E-state index < -0.39 is 6.09 Å². The fraction of sp³-hybridized carbons (Fsp3) is 0.600. The number of piperidine rings is 1. The second kappa shape index (κ2) is 5.03. The van der Waals surface area contributed by atoms with E-state index in [1.54, 1.807) is 0 Å². The molecule has 1 aliphatic rings. The summed E-state index contributed by atoms with van der Waals surface area (Å²) in [6, 6.07) is 0. The van der Waals surface area contributed by atoms with Gasteiger partial charge in [-0.25, -0.2) is 4.79 Å². The molecule has 0 bridgehead atoms. The van der Waals surface area contributed by atoms with Gasteiger partial charge in [0.1, 0.15) is 3.70 Å². The number of aromatic amines is 1. The highest BCUT2D eigenvalue weighted by molar-refractivity contribution is 14.1. The fourth-order valence-corrected chi connectivity index (χ4v) is 2.60. The summed E-state index contributed by atoms with van der Waals surface area (Å²) < 4.78 is 1.03. The molecule has 0 atom stereocenters. The third-order valence-corrected chi connectivity index (χ3v) is 3.99. The van der Waals surface area contributed by atoms with Crippen molar-refractivity contribution in [3.05, 3.63) is 15.5 Å². The van der Waals surface area contributed by atoms with E-state index in [4.69, 9.17) is 5.11 Å². The van der Waals surface area contributed by atoms with Gasteiger partial charge in [-0.1, -0.05) is 0 Å². The van der Waals surface area contributed by atoms with Crippen molar-refractivity contribution in [3.63, 3.8) is 0 Å². The molecular weight excluding hydrogens is 321 g/mol. The highest BCUT2D eigenvalue weighted by Crippen LogP contribution is 2.23. The lowest BCUT2D eigenvalue weighted by Crippen LogP contribution is -2.37. The molecule has 6 heteroatoms. The largest absolute Gasteiger partial charge is 0.465 e. The van der Waals surface area contributed by atoms with E-state index in [0.717, 1.165) is 23.0 Å². The molecule has 2 N–H and O–H groups in total. The maximum absolute atomic E-state index is 10.7. The van der Waals surface area contributed by atoms with E-state index in [1.165, 1.54) is 10.5 Å². The Morgan fingerprint density at radius 2 is 2.31 bits per heavy atom. The standard InChI is InChI=1S/C10H14IN3O2/c11-9-8(6-12-13-9)5-7-1-3-14(4-2-7)10(15)16/h6-7H,1-5H2,(H,12,13)(H,15,16). The maximum atomic E-state index is 10.7. The molecule has 2 rings (SSSR count). The van der Waals surface area contributed by atoms with Gasteiger partial charge in [-0.2, -0.15) is 5.10 Å². The Bertz CT molecular complexity index is 372. The molecule has 1 fully saturated rings. The van der Waals surface area contributed by atoms with Crippen LogP contribution in [0.1, 0.15) is 18.4 Å². The number of aromatic nitrogens is 2. The van der Waals surface area contributed by atoms with E-state index in [0.29, 0.717) is 19.0 Å². The normalized spacial score (nSPS) is 17.7. The highest BCUT2D eigenvalue weighted by atomic mass is 127. The second-order valence-electron chi connectivity index (χ2n) is 4.12. The van der Waals surface area contributed by atoms with Gasteiger partial charge in [0.2, 0.25) is 0 Å². The fourth-order valence-electron chi connectivity index (χ4n) is 2.08. The van der Waals surface area contributed by atoms with Crippen molar-refractivity contribution in [1.29, 1.82) is 0 Å². The lowest BCUT2D eigenvalue weighted by atomic mass is 9.91. The summed E-state index contributed by atoms with van der Waals surface area (Å²) in [5.41, 5.74) is 1.24. The van der Waals surface area contributed by atoms with E-state index in [-0.39, 0.29) is 0 Å². The number of H-pyrrole nitrogens is 1. The number of likely N-dealkylation sites (tertiary alicyclic amines) is 1. The maximum Gasteiger partial charge on any atom is 0.407 e. The first-order chi connectivity index (χ1) is 7.66. The number of amides is 1. The SMILES string of the molecule is O=C(O)N1CCC(Cc2c[nH]nc2I)CC1. The monoisotopic (exact) mass is 335 g/mol. The minimum absolute atomic E-state index is 0.585. The number of nitrogens with one attached hydrogen (secondary N) is 1. The summed E-state index contributed by atoms with van der Waals surface area (Å²) in [5, 5.41) is 15.8. The summed E-state index contributed by atoms with van der Waals surface area (Å²) >= 11 is 2.22. The summed E-state index contributed by atoms with van der Waals surface area (Å²) in [4.78, 5) is 12.2. The van der Waals surface area contributed by atoms with Crippen molar-refractivity contribution in [2.24, 2.45) is 5.92 Å². The molecule has 1 aliphatic heterocycles. The lowest BCUT2D eigenvalue weighted by molar-refractivity contribution is 0.124. The van der Waals surface area contributed by atoms with Crippen molar-refractivity contribution in [1.82, 2.24) is 15.1 Å². The quantitative estimate of drug-likeness (QED) is 0.812. The average Bonchev–Trinajstić information content (AvgIpc) is 2.65. The second-order valence-corrected chi connectivity index (χ2v) is 5.14. The van der Waals surface area contributed by atoms with Gasteiger partial charge in [0, 0.05) is 24.8 Å². The predicted octanol–water partition coefficient (Wildman–Crippen LogP) is 1.95. The molecule has 1 aromatic heterocycles. The zero-order valence-electron chi connectivity index (χ0n) is 8.82. The van der Waals surface area contributed by atoms with Crippen molar-refractivity contribution < 1.29 is 9.90 Å².